The van der Waals surface area contributed by atoms with E-state index in [9.17, 15) is 14.4 Å². The molecule has 0 unspecified atom stereocenters. The van der Waals surface area contributed by atoms with Crippen molar-refractivity contribution in [1.29, 1.82) is 0 Å². The normalized spacial score (nSPS) is 16.3. The number of methoxy groups -OCH3 is 1. The van der Waals surface area contributed by atoms with E-state index < -0.39 is 11.7 Å². The maximum Gasteiger partial charge on any atom is 0.298 e. The van der Waals surface area contributed by atoms with Gasteiger partial charge in [0.05, 0.1) is 19.1 Å². The highest BCUT2D eigenvalue weighted by Gasteiger charge is 2.29. The van der Waals surface area contributed by atoms with Crippen LogP contribution in [0.1, 0.15) is 36.2 Å². The van der Waals surface area contributed by atoms with Crippen LogP contribution in [0.5, 0.6) is 5.75 Å². The number of piperidine rings is 1. The molecule has 0 aliphatic carbocycles. The lowest BCUT2D eigenvalue weighted by atomic mass is 9.93. The Morgan fingerprint density at radius 2 is 2.14 bits per heavy atom. The first kappa shape index (κ1) is 20.9. The Hall–Kier alpha value is -2.80. The van der Waals surface area contributed by atoms with E-state index in [0.29, 0.717) is 42.4 Å². The Morgan fingerprint density at radius 3 is 2.86 bits per heavy atom. The minimum absolute atomic E-state index is 0.0481. The molecular weight excluding hydrogens is 396 g/mol. The van der Waals surface area contributed by atoms with Gasteiger partial charge in [0.2, 0.25) is 5.91 Å². The Bertz CT molecular complexity index is 881. The number of ether oxygens (including phenoxy) is 1. The summed E-state index contributed by atoms with van der Waals surface area (Å²) in [6.45, 7) is 0.993. The molecule has 2 aromatic rings. The zero-order chi connectivity index (χ0) is 20.8. The molecule has 1 aromatic heterocycles. The van der Waals surface area contributed by atoms with E-state index in [2.05, 4.69) is 5.32 Å². The fraction of sp³-hybridized carbons (Fsp3) is 0.381. The lowest BCUT2D eigenvalue weighted by molar-refractivity contribution is -0.128. The molecule has 1 atom stereocenters. The Morgan fingerprint density at radius 1 is 1.31 bits per heavy atom. The summed E-state index contributed by atoms with van der Waals surface area (Å²) in [5.41, 5.74) is 0.523. The van der Waals surface area contributed by atoms with Crippen molar-refractivity contribution < 1.29 is 23.5 Å². The van der Waals surface area contributed by atoms with Gasteiger partial charge in [0.1, 0.15) is 5.75 Å². The maximum atomic E-state index is 12.4. The molecule has 1 aliphatic heterocycles. The van der Waals surface area contributed by atoms with E-state index in [1.54, 1.807) is 29.2 Å². The Labute approximate surface area is 174 Å². The van der Waals surface area contributed by atoms with Gasteiger partial charge in [0.15, 0.2) is 5.76 Å². The molecule has 1 N–H and O–H groups in total. The summed E-state index contributed by atoms with van der Waals surface area (Å²) in [5, 5.41) is 3.32. The Kier molecular flexibility index (Phi) is 6.93. The number of hydrogen-bond donors (Lipinski definition) is 1. The number of halogens is 1. The van der Waals surface area contributed by atoms with Crippen LogP contribution in [0.25, 0.3) is 0 Å². The van der Waals surface area contributed by atoms with Crippen LogP contribution in [0, 0.1) is 5.92 Å². The molecule has 3 rings (SSSR count). The number of hydrogen-bond acceptors (Lipinski definition) is 5. The second-order valence-electron chi connectivity index (χ2n) is 7.00. The number of Topliss-reactive ketones (excluding diaryl/α,β-unsaturated/α-hetero) is 1. The number of nitrogens with one attached hydrogen (secondary N) is 1. The average molecular weight is 419 g/mol. The molecule has 29 heavy (non-hydrogen) atoms. The molecule has 7 nitrogen and oxygen atoms in total. The lowest BCUT2D eigenvalue weighted by Gasteiger charge is -2.32. The molecule has 2 heterocycles. The van der Waals surface area contributed by atoms with Crippen molar-refractivity contribution in [1.82, 2.24) is 4.90 Å². The highest BCUT2D eigenvalue weighted by atomic mass is 35.5. The molecule has 154 valence electrons. The molecular formula is C21H23ClN2O5. The summed E-state index contributed by atoms with van der Waals surface area (Å²) < 4.78 is 10.3. The Balaban J connectivity index is 1.52. The molecule has 8 heteroatoms. The summed E-state index contributed by atoms with van der Waals surface area (Å²) in [5.74, 6) is -0.607. The molecule has 0 spiro atoms. The van der Waals surface area contributed by atoms with Crippen LogP contribution in [0.2, 0.25) is 5.02 Å². The summed E-state index contributed by atoms with van der Waals surface area (Å²) in [6, 6.07) is 8.08. The topological polar surface area (TPSA) is 88.9 Å². The zero-order valence-electron chi connectivity index (χ0n) is 16.2. The van der Waals surface area contributed by atoms with Gasteiger partial charge in [0.25, 0.3) is 11.7 Å². The second kappa shape index (κ2) is 9.60. The van der Waals surface area contributed by atoms with Crippen LogP contribution in [0.15, 0.2) is 41.0 Å². The highest BCUT2D eigenvalue weighted by molar-refractivity contribution is 6.41. The molecule has 0 saturated carbocycles. The van der Waals surface area contributed by atoms with Crippen LogP contribution in [-0.2, 0) is 9.59 Å². The first-order valence-electron chi connectivity index (χ1n) is 9.48. The number of rotatable bonds is 7. The van der Waals surface area contributed by atoms with Crippen LogP contribution < -0.4 is 10.1 Å². The van der Waals surface area contributed by atoms with Crippen molar-refractivity contribution in [3.8, 4) is 5.75 Å². The standard InChI is InChI=1S/C21H23ClN2O5/c1-28-17-8-7-15(22)12-16(17)23-19(25)9-6-14-4-2-10-24(13-14)21(27)20(26)18-5-3-11-29-18/h3,5,7-8,11-12,14H,2,4,6,9-10,13H2,1H3,(H,23,25)/t14-/m1/s1. The van der Waals surface area contributed by atoms with E-state index in [0.717, 1.165) is 12.8 Å². The highest BCUT2D eigenvalue weighted by Crippen LogP contribution is 2.28. The van der Waals surface area contributed by atoms with Gasteiger partial charge in [0, 0.05) is 24.5 Å². The maximum absolute atomic E-state index is 12.4. The average Bonchev–Trinajstić information content (AvgIpc) is 3.26. The molecule has 1 aromatic carbocycles. The smallest absolute Gasteiger partial charge is 0.298 e. The van der Waals surface area contributed by atoms with Crippen LogP contribution in [-0.4, -0.2) is 42.7 Å². The largest absolute Gasteiger partial charge is 0.495 e. The predicted octanol–water partition coefficient (Wildman–Crippen LogP) is 3.78. The number of benzene rings is 1. The zero-order valence-corrected chi connectivity index (χ0v) is 16.9. The van der Waals surface area contributed by atoms with E-state index in [-0.39, 0.29) is 17.6 Å². The first-order valence-corrected chi connectivity index (χ1v) is 9.86. The quantitative estimate of drug-likeness (QED) is 0.546. The van der Waals surface area contributed by atoms with Gasteiger partial charge in [-0.25, -0.2) is 0 Å². The van der Waals surface area contributed by atoms with Gasteiger partial charge in [-0.05, 0) is 55.5 Å². The van der Waals surface area contributed by atoms with E-state index in [1.165, 1.54) is 19.4 Å². The number of carbonyl (C=O) groups excluding carboxylic acids is 3. The summed E-state index contributed by atoms with van der Waals surface area (Å²) in [7, 11) is 1.52. The van der Waals surface area contributed by atoms with Gasteiger partial charge in [-0.15, -0.1) is 0 Å². The molecule has 0 radical (unpaired) electrons. The number of anilines is 1. The first-order chi connectivity index (χ1) is 14.0. The summed E-state index contributed by atoms with van der Waals surface area (Å²) in [4.78, 5) is 38.5. The third-order valence-corrected chi connectivity index (χ3v) is 5.20. The van der Waals surface area contributed by atoms with Gasteiger partial charge in [-0.2, -0.15) is 0 Å². The molecule has 1 aliphatic rings. The van der Waals surface area contributed by atoms with Gasteiger partial charge in [-0.3, -0.25) is 14.4 Å². The van der Waals surface area contributed by atoms with E-state index in [4.69, 9.17) is 20.8 Å². The van der Waals surface area contributed by atoms with Gasteiger partial charge in [-0.1, -0.05) is 11.6 Å². The van der Waals surface area contributed by atoms with Crippen molar-refractivity contribution in [2.24, 2.45) is 5.92 Å². The van der Waals surface area contributed by atoms with Crippen LogP contribution in [0.4, 0.5) is 5.69 Å². The summed E-state index contributed by atoms with van der Waals surface area (Å²) >= 11 is 5.99. The van der Waals surface area contributed by atoms with Crippen molar-refractivity contribution in [2.75, 3.05) is 25.5 Å². The fourth-order valence-electron chi connectivity index (χ4n) is 3.47. The number of furan rings is 1. The number of carbonyl (C=O) groups is 3. The van der Waals surface area contributed by atoms with Crippen molar-refractivity contribution in [2.45, 2.75) is 25.7 Å². The third-order valence-electron chi connectivity index (χ3n) is 4.96. The monoisotopic (exact) mass is 418 g/mol. The molecule has 2 amide bonds. The number of amides is 2. The van der Waals surface area contributed by atoms with Crippen LogP contribution in [0.3, 0.4) is 0 Å². The minimum atomic E-state index is -0.638. The van der Waals surface area contributed by atoms with E-state index >= 15 is 0 Å². The molecule has 0 bridgehead atoms. The van der Waals surface area contributed by atoms with Crippen molar-refractivity contribution in [3.05, 3.63) is 47.4 Å². The fourth-order valence-corrected chi connectivity index (χ4v) is 3.64. The molecule has 1 fully saturated rings. The van der Waals surface area contributed by atoms with Gasteiger partial charge >= 0.3 is 0 Å². The molecule has 1 saturated heterocycles. The van der Waals surface area contributed by atoms with E-state index in [1.807, 2.05) is 0 Å². The minimum Gasteiger partial charge on any atom is -0.495 e. The second-order valence-corrected chi connectivity index (χ2v) is 7.43. The number of ketones is 1. The van der Waals surface area contributed by atoms with Gasteiger partial charge < -0.3 is 19.4 Å². The van der Waals surface area contributed by atoms with Crippen molar-refractivity contribution in [3.63, 3.8) is 0 Å². The number of nitrogens with zero attached hydrogens (tertiary/aromatic N) is 1. The third kappa shape index (κ3) is 5.38. The number of likely N-dealkylation sites (tertiary alicyclic amines) is 1. The lowest BCUT2D eigenvalue weighted by Crippen LogP contribution is -2.43. The van der Waals surface area contributed by atoms with Crippen LogP contribution >= 0.6 is 11.6 Å². The summed E-state index contributed by atoms with van der Waals surface area (Å²) in [6.07, 6.45) is 3.99. The predicted molar refractivity (Wildman–Crippen MR) is 108 cm³/mol. The SMILES string of the molecule is COc1ccc(Cl)cc1NC(=O)CC[C@H]1CCCN(C(=O)C(=O)c2ccco2)C1. The van der Waals surface area contributed by atoms with Crippen molar-refractivity contribution >= 4 is 34.9 Å².